The van der Waals surface area contributed by atoms with Crippen LogP contribution in [0.15, 0.2) is 47.9 Å². The lowest BCUT2D eigenvalue weighted by Crippen LogP contribution is -2.46. The first-order valence-corrected chi connectivity index (χ1v) is 9.03. The zero-order valence-electron chi connectivity index (χ0n) is 13.0. The number of hydrogen-bond donors (Lipinski definition) is 1. The molecule has 1 N–H and O–H groups in total. The summed E-state index contributed by atoms with van der Waals surface area (Å²) in [5.74, 6) is -0.461. The van der Waals surface area contributed by atoms with Crippen LogP contribution in [0.2, 0.25) is 0 Å². The first-order chi connectivity index (χ1) is 11.1. The molecule has 0 spiro atoms. The molecule has 1 saturated heterocycles. The van der Waals surface area contributed by atoms with Crippen LogP contribution in [0.1, 0.15) is 18.4 Å². The number of amides is 2. The van der Waals surface area contributed by atoms with E-state index in [1.807, 2.05) is 30.3 Å². The van der Waals surface area contributed by atoms with Crippen LogP contribution >= 0.6 is 0 Å². The van der Waals surface area contributed by atoms with Crippen LogP contribution in [0, 0.1) is 0 Å². The molecule has 2 amide bonds. The van der Waals surface area contributed by atoms with Crippen molar-refractivity contribution >= 4 is 28.7 Å². The minimum absolute atomic E-state index is 0.125. The third-order valence-corrected chi connectivity index (χ3v) is 3.99. The van der Waals surface area contributed by atoms with Crippen LogP contribution in [0.3, 0.4) is 0 Å². The standard InChI is InChI=1S/C17H20N2O3S/c1-23(22)13-11-16(20)18-15-8-5-12-19(15)17(21)10-9-14-6-3-2-4-7-14/h2-4,6-7,9-11,13,15H,5,8,12H2,1H3,(H,18,20)/b10-9+,13-11+/t15-,23-/m0/s1. The van der Waals surface area contributed by atoms with Gasteiger partial charge in [-0.1, -0.05) is 30.3 Å². The quantitative estimate of drug-likeness (QED) is 0.834. The number of benzene rings is 1. The van der Waals surface area contributed by atoms with Crippen molar-refractivity contribution in [1.29, 1.82) is 0 Å². The van der Waals surface area contributed by atoms with Crippen molar-refractivity contribution in [2.45, 2.75) is 19.0 Å². The summed E-state index contributed by atoms with van der Waals surface area (Å²) in [5, 5.41) is 4.10. The number of carbonyl (C=O) groups is 2. The molecule has 0 saturated carbocycles. The normalized spacial score (nSPS) is 19.3. The van der Waals surface area contributed by atoms with E-state index in [1.54, 1.807) is 11.0 Å². The minimum Gasteiger partial charge on any atom is -0.332 e. The van der Waals surface area contributed by atoms with Crippen molar-refractivity contribution in [3.05, 3.63) is 53.5 Å². The van der Waals surface area contributed by atoms with Crippen molar-refractivity contribution in [2.24, 2.45) is 0 Å². The van der Waals surface area contributed by atoms with Crippen molar-refractivity contribution in [2.75, 3.05) is 12.8 Å². The van der Waals surface area contributed by atoms with E-state index in [2.05, 4.69) is 5.32 Å². The Labute approximate surface area is 138 Å². The highest BCUT2D eigenvalue weighted by molar-refractivity contribution is 7.87. The first kappa shape index (κ1) is 17.1. The Morgan fingerprint density at radius 3 is 2.70 bits per heavy atom. The summed E-state index contributed by atoms with van der Waals surface area (Å²) in [6.45, 7) is 0.617. The number of likely N-dealkylation sites (tertiary alicyclic amines) is 1. The predicted octanol–water partition coefficient (Wildman–Crippen LogP) is 1.66. The van der Waals surface area contributed by atoms with E-state index in [-0.39, 0.29) is 18.0 Å². The average Bonchev–Trinajstić information content (AvgIpc) is 3.00. The highest BCUT2D eigenvalue weighted by atomic mass is 32.2. The van der Waals surface area contributed by atoms with E-state index in [0.29, 0.717) is 6.54 Å². The molecular weight excluding hydrogens is 312 g/mol. The van der Waals surface area contributed by atoms with Crippen LogP contribution in [0.4, 0.5) is 0 Å². The summed E-state index contributed by atoms with van der Waals surface area (Å²) >= 11 is 0. The van der Waals surface area contributed by atoms with Crippen LogP contribution in [-0.4, -0.2) is 39.9 Å². The number of hydrogen-bond acceptors (Lipinski definition) is 3. The zero-order chi connectivity index (χ0) is 16.7. The lowest BCUT2D eigenvalue weighted by atomic mass is 10.2. The van der Waals surface area contributed by atoms with Gasteiger partial charge in [0.05, 0.1) is 0 Å². The molecule has 0 radical (unpaired) electrons. The fraction of sp³-hybridized carbons (Fsp3) is 0.294. The Balaban J connectivity index is 1.95. The third kappa shape index (κ3) is 5.49. The molecule has 0 aromatic heterocycles. The molecule has 1 aromatic rings. The van der Waals surface area contributed by atoms with Gasteiger partial charge >= 0.3 is 0 Å². The lowest BCUT2D eigenvalue weighted by molar-refractivity contribution is -0.128. The van der Waals surface area contributed by atoms with Gasteiger partial charge in [-0.2, -0.15) is 0 Å². The van der Waals surface area contributed by atoms with Crippen molar-refractivity contribution in [1.82, 2.24) is 10.2 Å². The lowest BCUT2D eigenvalue weighted by Gasteiger charge is -2.23. The van der Waals surface area contributed by atoms with E-state index in [4.69, 9.17) is 0 Å². The maximum Gasteiger partial charge on any atom is 0.248 e. The highest BCUT2D eigenvalue weighted by Crippen LogP contribution is 2.16. The molecule has 1 aromatic carbocycles. The summed E-state index contributed by atoms with van der Waals surface area (Å²) < 4.78 is 10.9. The molecule has 1 aliphatic rings. The molecule has 23 heavy (non-hydrogen) atoms. The van der Waals surface area contributed by atoms with Gasteiger partial charge in [0.2, 0.25) is 11.8 Å². The number of rotatable bonds is 5. The Morgan fingerprint density at radius 1 is 1.26 bits per heavy atom. The van der Waals surface area contributed by atoms with Crippen LogP contribution < -0.4 is 5.32 Å². The predicted molar refractivity (Wildman–Crippen MR) is 91.6 cm³/mol. The molecule has 2 atom stereocenters. The molecule has 0 aliphatic carbocycles. The molecule has 0 bridgehead atoms. The number of carbonyl (C=O) groups excluding carboxylic acids is 2. The van der Waals surface area contributed by atoms with Crippen molar-refractivity contribution in [3.63, 3.8) is 0 Å². The maximum atomic E-state index is 12.3. The Kier molecular flexibility index (Phi) is 6.29. The molecular formula is C17H20N2O3S. The van der Waals surface area contributed by atoms with Crippen LogP contribution in [0.25, 0.3) is 6.08 Å². The number of nitrogens with one attached hydrogen (secondary N) is 1. The van der Waals surface area contributed by atoms with Crippen LogP contribution in [-0.2, 0) is 20.4 Å². The van der Waals surface area contributed by atoms with Gasteiger partial charge in [-0.25, -0.2) is 0 Å². The van der Waals surface area contributed by atoms with Gasteiger partial charge in [0, 0.05) is 41.2 Å². The summed E-state index contributed by atoms with van der Waals surface area (Å²) in [6, 6.07) is 9.58. The third-order valence-electron chi connectivity index (χ3n) is 3.47. The molecule has 1 aliphatic heterocycles. The molecule has 1 heterocycles. The monoisotopic (exact) mass is 332 g/mol. The molecule has 0 unspecified atom stereocenters. The molecule has 1 fully saturated rings. The van der Waals surface area contributed by atoms with Gasteiger partial charge in [0.15, 0.2) is 0 Å². The van der Waals surface area contributed by atoms with Gasteiger partial charge in [-0.15, -0.1) is 0 Å². The summed E-state index contributed by atoms with van der Waals surface area (Å²) in [7, 11) is -1.16. The van der Waals surface area contributed by atoms with Gasteiger partial charge < -0.3 is 10.2 Å². The highest BCUT2D eigenvalue weighted by Gasteiger charge is 2.28. The fourth-order valence-corrected chi connectivity index (χ4v) is 2.69. The maximum absolute atomic E-state index is 12.3. The van der Waals surface area contributed by atoms with E-state index >= 15 is 0 Å². The largest absolute Gasteiger partial charge is 0.332 e. The summed E-state index contributed by atoms with van der Waals surface area (Å²) in [5.41, 5.74) is 0.953. The van der Waals surface area contributed by atoms with E-state index in [0.717, 1.165) is 18.4 Å². The van der Waals surface area contributed by atoms with Crippen molar-refractivity contribution in [3.8, 4) is 0 Å². The second kappa shape index (κ2) is 8.43. The minimum atomic E-state index is -1.16. The molecule has 122 valence electrons. The van der Waals surface area contributed by atoms with Gasteiger partial charge in [0.1, 0.15) is 6.17 Å². The van der Waals surface area contributed by atoms with E-state index in [1.165, 1.54) is 23.8 Å². The van der Waals surface area contributed by atoms with E-state index < -0.39 is 10.8 Å². The zero-order valence-corrected chi connectivity index (χ0v) is 13.8. The fourth-order valence-electron chi connectivity index (χ4n) is 2.38. The Hall–Kier alpha value is -2.21. The van der Waals surface area contributed by atoms with Gasteiger partial charge in [-0.3, -0.25) is 13.8 Å². The second-order valence-electron chi connectivity index (χ2n) is 5.24. The molecule has 5 nitrogen and oxygen atoms in total. The first-order valence-electron chi connectivity index (χ1n) is 7.41. The molecule has 2 rings (SSSR count). The smallest absolute Gasteiger partial charge is 0.248 e. The van der Waals surface area contributed by atoms with Gasteiger partial charge in [0.25, 0.3) is 0 Å². The molecule has 6 heteroatoms. The van der Waals surface area contributed by atoms with E-state index in [9.17, 15) is 13.8 Å². The topological polar surface area (TPSA) is 66.5 Å². The van der Waals surface area contributed by atoms with Gasteiger partial charge in [-0.05, 0) is 24.5 Å². The Bertz CT molecular complexity index is 640. The summed E-state index contributed by atoms with van der Waals surface area (Å²) in [4.78, 5) is 25.7. The average molecular weight is 332 g/mol. The van der Waals surface area contributed by atoms with Crippen LogP contribution in [0.5, 0.6) is 0 Å². The number of nitrogens with zero attached hydrogens (tertiary/aromatic N) is 1. The summed E-state index contributed by atoms with van der Waals surface area (Å²) in [6.07, 6.45) is 7.28. The van der Waals surface area contributed by atoms with Crippen molar-refractivity contribution < 1.29 is 13.8 Å². The second-order valence-corrected chi connectivity index (χ2v) is 6.51. The SMILES string of the molecule is C[S@](=O)/C=C/C(=O)N[C@@H]1CCCN1C(=O)/C=C/c1ccccc1. The Morgan fingerprint density at radius 2 is 2.00 bits per heavy atom.